The molecule has 0 bridgehead atoms. The van der Waals surface area contributed by atoms with Gasteiger partial charge in [-0.3, -0.25) is 9.79 Å². The van der Waals surface area contributed by atoms with Crippen molar-refractivity contribution in [2.24, 2.45) is 10.4 Å². The van der Waals surface area contributed by atoms with E-state index in [1.807, 2.05) is 20.1 Å². The van der Waals surface area contributed by atoms with Gasteiger partial charge >= 0.3 is 5.97 Å². The van der Waals surface area contributed by atoms with Gasteiger partial charge in [0.05, 0.1) is 5.57 Å². The van der Waals surface area contributed by atoms with Crippen LogP contribution in [0.1, 0.15) is 33.1 Å². The maximum absolute atomic E-state index is 12.0. The third kappa shape index (κ3) is 4.67. The molecular weight excluding hydrogens is 278 g/mol. The van der Waals surface area contributed by atoms with E-state index < -0.39 is 12.0 Å². The summed E-state index contributed by atoms with van der Waals surface area (Å²) >= 11 is 1.54. The topological polar surface area (TPSA) is 87.0 Å². The smallest absolute Gasteiger partial charge is 0.328 e. The van der Waals surface area contributed by atoms with Gasteiger partial charge in [0, 0.05) is 19.1 Å². The minimum absolute atomic E-state index is 0.00371. The normalized spacial score (nSPS) is 20.4. The lowest BCUT2D eigenvalue weighted by Gasteiger charge is -2.28. The van der Waals surface area contributed by atoms with E-state index >= 15 is 0 Å². The molecule has 0 spiro atoms. The summed E-state index contributed by atoms with van der Waals surface area (Å²) in [6, 6.07) is -0.870. The number of thioether (sulfide) groups is 1. The number of carbonyl (C=O) groups is 2. The summed E-state index contributed by atoms with van der Waals surface area (Å²) in [4.78, 5) is 27.0. The predicted octanol–water partition coefficient (Wildman–Crippen LogP) is 2.46. The van der Waals surface area contributed by atoms with E-state index in [1.54, 1.807) is 11.8 Å². The number of Topliss-reactive ketones (excluding diaryl/α,β-unsaturated/α-hetero) is 1. The summed E-state index contributed by atoms with van der Waals surface area (Å²) < 4.78 is 0. The Bertz CT molecular complexity index is 454. The van der Waals surface area contributed by atoms with Crippen LogP contribution in [-0.4, -0.2) is 46.2 Å². The van der Waals surface area contributed by atoms with Gasteiger partial charge in [0.1, 0.15) is 11.8 Å². The average Bonchev–Trinajstić information content (AvgIpc) is 2.29. The maximum atomic E-state index is 12.0. The number of carboxylic acid groups (broad SMARTS) is 1. The Morgan fingerprint density at radius 2 is 2.15 bits per heavy atom. The Balaban J connectivity index is 2.86. The molecule has 20 heavy (non-hydrogen) atoms. The van der Waals surface area contributed by atoms with Gasteiger partial charge in [0.2, 0.25) is 0 Å². The highest BCUT2D eigenvalue weighted by Gasteiger charge is 2.32. The largest absolute Gasteiger partial charge is 0.511 e. The second-order valence-corrected chi connectivity index (χ2v) is 6.70. The molecule has 2 N–H and O–H groups in total. The molecule has 0 radical (unpaired) electrons. The molecule has 5 nitrogen and oxygen atoms in total. The molecule has 0 fully saturated rings. The number of allylic oxidation sites excluding steroid dienone is 2. The predicted molar refractivity (Wildman–Crippen MR) is 80.6 cm³/mol. The second kappa shape index (κ2) is 6.92. The van der Waals surface area contributed by atoms with Gasteiger partial charge in [-0.25, -0.2) is 4.79 Å². The molecule has 112 valence electrons. The van der Waals surface area contributed by atoms with Gasteiger partial charge in [-0.2, -0.15) is 11.8 Å². The quantitative estimate of drug-likeness (QED) is 0.736. The van der Waals surface area contributed by atoms with Gasteiger partial charge in [-0.15, -0.1) is 0 Å². The zero-order valence-corrected chi connectivity index (χ0v) is 12.9. The van der Waals surface area contributed by atoms with Gasteiger partial charge in [0.15, 0.2) is 5.78 Å². The van der Waals surface area contributed by atoms with Crippen LogP contribution in [-0.2, 0) is 9.59 Å². The lowest BCUT2D eigenvalue weighted by atomic mass is 9.77. The number of aliphatic carboxylic acids is 1. The second-order valence-electron chi connectivity index (χ2n) is 5.71. The zero-order chi connectivity index (χ0) is 15.3. The minimum atomic E-state index is -1.01. The molecule has 1 rings (SSSR count). The summed E-state index contributed by atoms with van der Waals surface area (Å²) in [6.45, 7) is 3.82. The molecule has 1 aliphatic rings. The summed E-state index contributed by atoms with van der Waals surface area (Å²) in [7, 11) is 0. The number of rotatable bonds is 6. The Morgan fingerprint density at radius 3 is 2.65 bits per heavy atom. The van der Waals surface area contributed by atoms with Crippen LogP contribution in [0.2, 0.25) is 0 Å². The summed E-state index contributed by atoms with van der Waals surface area (Å²) in [5.74, 6) is -0.514. The van der Waals surface area contributed by atoms with Crippen molar-refractivity contribution in [2.45, 2.75) is 39.2 Å². The fourth-order valence-corrected chi connectivity index (χ4v) is 2.56. The first kappa shape index (κ1) is 16.8. The molecule has 0 heterocycles. The Morgan fingerprint density at radius 1 is 1.50 bits per heavy atom. The Labute approximate surface area is 123 Å². The number of hydrogen-bond donors (Lipinski definition) is 2. The van der Waals surface area contributed by atoms with E-state index in [2.05, 4.69) is 4.99 Å². The van der Waals surface area contributed by atoms with Crippen molar-refractivity contribution in [3.63, 3.8) is 0 Å². The number of ketones is 1. The van der Waals surface area contributed by atoms with E-state index in [4.69, 9.17) is 5.11 Å². The van der Waals surface area contributed by atoms with Crippen LogP contribution in [0.4, 0.5) is 0 Å². The van der Waals surface area contributed by atoms with Crippen LogP contribution < -0.4 is 0 Å². The van der Waals surface area contributed by atoms with Crippen LogP contribution >= 0.6 is 11.8 Å². The first-order valence-electron chi connectivity index (χ1n) is 6.47. The standard InChI is InChI=1S/C14H21NO4S/c1-14(2)6-11(16)9(12(17)7-14)8-15-10(13(18)19)4-5-20-3/h8,10,16H,4-7H2,1-3H3,(H,18,19). The first-order chi connectivity index (χ1) is 9.26. The Hall–Kier alpha value is -1.30. The first-order valence-corrected chi connectivity index (χ1v) is 7.86. The zero-order valence-electron chi connectivity index (χ0n) is 12.0. The van der Waals surface area contributed by atoms with Gasteiger partial charge in [0.25, 0.3) is 0 Å². The van der Waals surface area contributed by atoms with Crippen molar-refractivity contribution in [1.29, 1.82) is 0 Å². The molecule has 0 amide bonds. The van der Waals surface area contributed by atoms with E-state index in [-0.39, 0.29) is 22.5 Å². The summed E-state index contributed by atoms with van der Waals surface area (Å²) in [5, 5.41) is 19.0. The fraction of sp³-hybridized carbons (Fsp3) is 0.643. The van der Waals surface area contributed by atoms with Gasteiger partial charge < -0.3 is 10.2 Å². The molecule has 0 saturated heterocycles. The molecule has 1 aliphatic carbocycles. The molecule has 0 aromatic rings. The van der Waals surface area contributed by atoms with E-state index in [9.17, 15) is 14.7 Å². The molecule has 0 saturated carbocycles. The SMILES string of the molecule is CSCCC(N=CC1=C(O)CC(C)(C)CC1=O)C(=O)O. The average molecular weight is 299 g/mol. The highest BCUT2D eigenvalue weighted by Crippen LogP contribution is 2.35. The molecule has 1 atom stereocenters. The van der Waals surface area contributed by atoms with Crippen LogP contribution in [0.15, 0.2) is 16.3 Å². The van der Waals surface area contributed by atoms with Crippen molar-refractivity contribution < 1.29 is 19.8 Å². The van der Waals surface area contributed by atoms with E-state index in [0.717, 1.165) is 0 Å². The minimum Gasteiger partial charge on any atom is -0.511 e. The summed E-state index contributed by atoms with van der Waals surface area (Å²) in [6.07, 6.45) is 4.26. The van der Waals surface area contributed by atoms with Crippen molar-refractivity contribution in [3.8, 4) is 0 Å². The van der Waals surface area contributed by atoms with E-state index in [1.165, 1.54) is 6.21 Å². The van der Waals surface area contributed by atoms with Crippen LogP contribution in [0.3, 0.4) is 0 Å². The third-order valence-corrected chi connectivity index (χ3v) is 3.80. The highest BCUT2D eigenvalue weighted by molar-refractivity contribution is 7.98. The third-order valence-electron chi connectivity index (χ3n) is 3.16. The van der Waals surface area contributed by atoms with E-state index in [0.29, 0.717) is 25.0 Å². The number of aliphatic imine (C=N–C) groups is 1. The number of carbonyl (C=O) groups excluding carboxylic acids is 1. The summed E-state index contributed by atoms with van der Waals surface area (Å²) in [5.41, 5.74) is -0.108. The Kier molecular flexibility index (Phi) is 5.80. The molecule has 6 heteroatoms. The van der Waals surface area contributed by atoms with Crippen molar-refractivity contribution in [2.75, 3.05) is 12.0 Å². The molecule has 0 aromatic carbocycles. The van der Waals surface area contributed by atoms with Gasteiger partial charge in [-0.1, -0.05) is 13.8 Å². The van der Waals surface area contributed by atoms with Crippen molar-refractivity contribution in [3.05, 3.63) is 11.3 Å². The molecule has 0 aromatic heterocycles. The lowest BCUT2D eigenvalue weighted by Crippen LogP contribution is -2.27. The number of aliphatic hydroxyl groups excluding tert-OH is 1. The van der Waals surface area contributed by atoms with Crippen LogP contribution in [0.25, 0.3) is 0 Å². The van der Waals surface area contributed by atoms with Crippen molar-refractivity contribution >= 4 is 29.7 Å². The fourth-order valence-electron chi connectivity index (χ4n) is 2.10. The molecular formula is C14H21NO4S. The van der Waals surface area contributed by atoms with Gasteiger partial charge in [-0.05, 0) is 23.8 Å². The lowest BCUT2D eigenvalue weighted by molar-refractivity contribution is -0.138. The monoisotopic (exact) mass is 299 g/mol. The number of carboxylic acids is 1. The highest BCUT2D eigenvalue weighted by atomic mass is 32.2. The number of aliphatic hydroxyl groups is 1. The molecule has 0 aliphatic heterocycles. The number of nitrogens with zero attached hydrogens (tertiary/aromatic N) is 1. The number of hydrogen-bond acceptors (Lipinski definition) is 5. The van der Waals surface area contributed by atoms with Crippen LogP contribution in [0.5, 0.6) is 0 Å². The molecule has 1 unspecified atom stereocenters. The van der Waals surface area contributed by atoms with Crippen LogP contribution in [0, 0.1) is 5.41 Å². The van der Waals surface area contributed by atoms with Crippen molar-refractivity contribution in [1.82, 2.24) is 0 Å². The maximum Gasteiger partial charge on any atom is 0.328 e.